The molecule has 17 heavy (non-hydrogen) atoms. The summed E-state index contributed by atoms with van der Waals surface area (Å²) in [6.45, 7) is 0. The Morgan fingerprint density at radius 2 is 2.06 bits per heavy atom. The fourth-order valence-corrected chi connectivity index (χ4v) is 3.54. The first-order valence-corrected chi connectivity index (χ1v) is 7.04. The average molecular weight is 311 g/mol. The van der Waals surface area contributed by atoms with Crippen LogP contribution in [0.2, 0.25) is 0 Å². The van der Waals surface area contributed by atoms with Gasteiger partial charge in [0.15, 0.2) is 0 Å². The van der Waals surface area contributed by atoms with Crippen LogP contribution in [0.25, 0.3) is 0 Å². The summed E-state index contributed by atoms with van der Waals surface area (Å²) in [5.74, 6) is 0.792. The molecule has 88 valence electrons. The highest BCUT2D eigenvalue weighted by Gasteiger charge is 2.28. The molecule has 2 unspecified atom stereocenters. The van der Waals surface area contributed by atoms with Gasteiger partial charge in [0.05, 0.1) is 9.89 Å². The number of ether oxygens (including phenoxy) is 1. The maximum absolute atomic E-state index is 10.1. The second-order valence-corrected chi connectivity index (χ2v) is 6.53. The molecule has 2 nitrogen and oxygen atoms in total. The zero-order valence-electron chi connectivity index (χ0n) is 8.97. The van der Waals surface area contributed by atoms with Crippen molar-refractivity contribution in [3.63, 3.8) is 0 Å². The third-order valence-corrected chi connectivity index (χ3v) is 4.61. The summed E-state index contributed by atoms with van der Waals surface area (Å²) in [6, 6.07) is 11.7. The van der Waals surface area contributed by atoms with Gasteiger partial charge in [0.2, 0.25) is 0 Å². The van der Waals surface area contributed by atoms with E-state index in [0.717, 1.165) is 20.0 Å². The SMILES string of the molecule is OC1CC(c2ccc(Br)s2)Oc2ccccc21. The number of para-hydroxylation sites is 1. The van der Waals surface area contributed by atoms with Crippen LogP contribution in [0.15, 0.2) is 40.2 Å². The average Bonchev–Trinajstić information content (AvgIpc) is 2.76. The van der Waals surface area contributed by atoms with Gasteiger partial charge in [0.25, 0.3) is 0 Å². The van der Waals surface area contributed by atoms with E-state index in [1.165, 1.54) is 0 Å². The third-order valence-electron chi connectivity index (χ3n) is 2.90. The Hall–Kier alpha value is -0.840. The molecule has 1 aliphatic heterocycles. The van der Waals surface area contributed by atoms with Crippen molar-refractivity contribution in [2.75, 3.05) is 0 Å². The van der Waals surface area contributed by atoms with Crippen LogP contribution in [0.5, 0.6) is 5.75 Å². The molecule has 0 bridgehead atoms. The lowest BCUT2D eigenvalue weighted by Gasteiger charge is -2.28. The van der Waals surface area contributed by atoms with Crippen molar-refractivity contribution in [3.05, 3.63) is 50.6 Å². The van der Waals surface area contributed by atoms with Gasteiger partial charge in [-0.3, -0.25) is 0 Å². The molecule has 2 aromatic rings. The van der Waals surface area contributed by atoms with Crippen LogP contribution in [0.1, 0.15) is 29.1 Å². The highest BCUT2D eigenvalue weighted by Crippen LogP contribution is 2.42. The molecular weight excluding hydrogens is 300 g/mol. The summed E-state index contributed by atoms with van der Waals surface area (Å²) in [7, 11) is 0. The Bertz CT molecular complexity index is 538. The number of thiophene rings is 1. The second-order valence-electron chi connectivity index (χ2n) is 4.04. The predicted octanol–water partition coefficient (Wildman–Crippen LogP) is 4.07. The van der Waals surface area contributed by atoms with E-state index in [1.807, 2.05) is 36.4 Å². The van der Waals surface area contributed by atoms with Crippen LogP contribution in [0.3, 0.4) is 0 Å². The Labute approximate surface area is 112 Å². The second kappa shape index (κ2) is 4.44. The highest BCUT2D eigenvalue weighted by atomic mass is 79.9. The minimum atomic E-state index is -0.439. The van der Waals surface area contributed by atoms with Gasteiger partial charge in [-0.1, -0.05) is 18.2 Å². The van der Waals surface area contributed by atoms with Gasteiger partial charge in [-0.2, -0.15) is 0 Å². The van der Waals surface area contributed by atoms with E-state index in [1.54, 1.807) is 11.3 Å². The highest BCUT2D eigenvalue weighted by molar-refractivity contribution is 9.11. The Kier molecular flexibility index (Phi) is 2.94. The van der Waals surface area contributed by atoms with E-state index in [4.69, 9.17) is 4.74 Å². The molecule has 4 heteroatoms. The van der Waals surface area contributed by atoms with Gasteiger partial charge in [-0.25, -0.2) is 0 Å². The van der Waals surface area contributed by atoms with Crippen molar-refractivity contribution in [1.82, 2.24) is 0 Å². The van der Waals surface area contributed by atoms with Crippen LogP contribution >= 0.6 is 27.3 Å². The molecule has 0 spiro atoms. The number of fused-ring (bicyclic) bond motifs is 1. The standard InChI is InChI=1S/C13H11BrO2S/c14-13-6-5-12(17-13)11-7-9(15)8-3-1-2-4-10(8)16-11/h1-6,9,11,15H,7H2. The maximum atomic E-state index is 10.1. The Balaban J connectivity index is 1.93. The monoisotopic (exact) mass is 310 g/mol. The maximum Gasteiger partial charge on any atom is 0.136 e. The molecule has 2 heterocycles. The molecule has 0 fully saturated rings. The lowest BCUT2D eigenvalue weighted by atomic mass is 9.98. The van der Waals surface area contributed by atoms with Crippen molar-refractivity contribution < 1.29 is 9.84 Å². The number of rotatable bonds is 1. The van der Waals surface area contributed by atoms with E-state index >= 15 is 0 Å². The first-order valence-electron chi connectivity index (χ1n) is 5.43. The minimum absolute atomic E-state index is 0.0452. The number of benzene rings is 1. The van der Waals surface area contributed by atoms with Crippen LogP contribution in [0.4, 0.5) is 0 Å². The third kappa shape index (κ3) is 2.12. The van der Waals surface area contributed by atoms with E-state index < -0.39 is 6.10 Å². The Morgan fingerprint density at radius 1 is 1.24 bits per heavy atom. The summed E-state index contributed by atoms with van der Waals surface area (Å²) in [5.41, 5.74) is 0.888. The first kappa shape index (κ1) is 11.3. The molecule has 1 aromatic heterocycles. The van der Waals surface area contributed by atoms with E-state index in [0.29, 0.717) is 6.42 Å². The molecule has 0 saturated heterocycles. The molecule has 1 N–H and O–H groups in total. The van der Waals surface area contributed by atoms with E-state index in [9.17, 15) is 5.11 Å². The summed E-state index contributed by atoms with van der Waals surface area (Å²) < 4.78 is 7.02. The zero-order valence-corrected chi connectivity index (χ0v) is 11.4. The smallest absolute Gasteiger partial charge is 0.136 e. The molecule has 3 rings (SSSR count). The normalized spacial score (nSPS) is 22.9. The van der Waals surface area contributed by atoms with Gasteiger partial charge in [-0.05, 0) is 34.1 Å². The number of hydrogen-bond acceptors (Lipinski definition) is 3. The molecular formula is C13H11BrO2S. The van der Waals surface area contributed by atoms with Crippen molar-refractivity contribution in [1.29, 1.82) is 0 Å². The van der Waals surface area contributed by atoms with Crippen molar-refractivity contribution in [3.8, 4) is 5.75 Å². The molecule has 0 amide bonds. The van der Waals surface area contributed by atoms with Crippen LogP contribution in [-0.4, -0.2) is 5.11 Å². The van der Waals surface area contributed by atoms with Gasteiger partial charge >= 0.3 is 0 Å². The number of aliphatic hydroxyl groups excluding tert-OH is 1. The summed E-state index contributed by atoms with van der Waals surface area (Å²) in [5, 5.41) is 10.1. The summed E-state index contributed by atoms with van der Waals surface area (Å²) >= 11 is 5.10. The summed E-state index contributed by atoms with van der Waals surface area (Å²) in [4.78, 5) is 1.14. The quantitative estimate of drug-likeness (QED) is 0.860. The van der Waals surface area contributed by atoms with Crippen molar-refractivity contribution >= 4 is 27.3 Å². The van der Waals surface area contributed by atoms with Crippen molar-refractivity contribution in [2.24, 2.45) is 0 Å². The fraction of sp³-hybridized carbons (Fsp3) is 0.231. The fourth-order valence-electron chi connectivity index (χ4n) is 2.07. The number of halogens is 1. The minimum Gasteiger partial charge on any atom is -0.484 e. The van der Waals surface area contributed by atoms with E-state index in [-0.39, 0.29) is 6.10 Å². The van der Waals surface area contributed by atoms with Gasteiger partial charge in [-0.15, -0.1) is 11.3 Å². The lowest BCUT2D eigenvalue weighted by molar-refractivity contribution is 0.0674. The topological polar surface area (TPSA) is 29.5 Å². The molecule has 0 saturated carbocycles. The van der Waals surface area contributed by atoms with Crippen LogP contribution in [-0.2, 0) is 0 Å². The first-order chi connectivity index (χ1) is 8.24. The van der Waals surface area contributed by atoms with Crippen molar-refractivity contribution in [2.45, 2.75) is 18.6 Å². The van der Waals surface area contributed by atoms with Gasteiger partial charge < -0.3 is 9.84 Å². The van der Waals surface area contributed by atoms with Gasteiger partial charge in [0, 0.05) is 16.9 Å². The van der Waals surface area contributed by atoms with Crippen LogP contribution in [0, 0.1) is 0 Å². The molecule has 2 atom stereocenters. The Morgan fingerprint density at radius 3 is 2.82 bits per heavy atom. The van der Waals surface area contributed by atoms with Crippen LogP contribution < -0.4 is 4.74 Å². The predicted molar refractivity (Wildman–Crippen MR) is 71.4 cm³/mol. The zero-order chi connectivity index (χ0) is 11.8. The lowest BCUT2D eigenvalue weighted by Crippen LogP contribution is -2.18. The molecule has 0 aliphatic carbocycles. The molecule has 0 radical (unpaired) electrons. The molecule has 1 aromatic carbocycles. The largest absolute Gasteiger partial charge is 0.484 e. The number of hydrogen-bond donors (Lipinski definition) is 1. The molecule has 1 aliphatic rings. The van der Waals surface area contributed by atoms with Gasteiger partial charge in [0.1, 0.15) is 11.9 Å². The summed E-state index contributed by atoms with van der Waals surface area (Å²) in [6.07, 6.45) is 0.131. The van der Waals surface area contributed by atoms with E-state index in [2.05, 4.69) is 15.9 Å². The number of aliphatic hydroxyl groups is 1.